The standard InChI is InChI=1S/C15H29NO2/c1-13-5-7-15(12-18,8-6-13)11-16-9-3-2-4-14(16)10-17/h13-14,17-18H,2-12H2,1H3. The molecule has 0 bridgehead atoms. The van der Waals surface area contributed by atoms with Crippen molar-refractivity contribution in [2.75, 3.05) is 26.3 Å². The number of nitrogens with zero attached hydrogens (tertiary/aromatic N) is 1. The van der Waals surface area contributed by atoms with Crippen LogP contribution in [0.2, 0.25) is 0 Å². The van der Waals surface area contributed by atoms with Crippen LogP contribution >= 0.6 is 0 Å². The Balaban J connectivity index is 1.96. The number of aliphatic hydroxyl groups excluding tert-OH is 2. The van der Waals surface area contributed by atoms with E-state index in [1.54, 1.807) is 0 Å². The summed E-state index contributed by atoms with van der Waals surface area (Å²) in [6.45, 7) is 5.00. The number of aliphatic hydroxyl groups is 2. The van der Waals surface area contributed by atoms with Crippen molar-refractivity contribution in [1.29, 1.82) is 0 Å². The third kappa shape index (κ3) is 3.25. The Morgan fingerprint density at radius 1 is 1.11 bits per heavy atom. The summed E-state index contributed by atoms with van der Waals surface area (Å²) in [4.78, 5) is 2.44. The molecule has 1 unspecified atom stereocenters. The van der Waals surface area contributed by atoms with E-state index in [9.17, 15) is 10.2 Å². The average Bonchev–Trinajstić information content (AvgIpc) is 2.42. The lowest BCUT2D eigenvalue weighted by atomic mass is 9.70. The molecule has 3 nitrogen and oxygen atoms in total. The van der Waals surface area contributed by atoms with E-state index in [-0.39, 0.29) is 12.0 Å². The molecular formula is C15H29NO2. The molecule has 106 valence electrons. The first kappa shape index (κ1) is 14.3. The van der Waals surface area contributed by atoms with Crippen molar-refractivity contribution in [2.24, 2.45) is 11.3 Å². The van der Waals surface area contributed by atoms with Crippen molar-refractivity contribution in [3.63, 3.8) is 0 Å². The van der Waals surface area contributed by atoms with E-state index in [1.165, 1.54) is 25.7 Å². The molecule has 2 aliphatic rings. The second-order valence-corrected chi connectivity index (χ2v) is 6.64. The first-order valence-electron chi connectivity index (χ1n) is 7.65. The van der Waals surface area contributed by atoms with E-state index >= 15 is 0 Å². The summed E-state index contributed by atoms with van der Waals surface area (Å²) >= 11 is 0. The third-order valence-electron chi connectivity index (χ3n) is 5.17. The van der Waals surface area contributed by atoms with Gasteiger partial charge in [-0.15, -0.1) is 0 Å². The third-order valence-corrected chi connectivity index (χ3v) is 5.17. The summed E-state index contributed by atoms with van der Waals surface area (Å²) < 4.78 is 0. The van der Waals surface area contributed by atoms with E-state index in [1.807, 2.05) is 0 Å². The summed E-state index contributed by atoms with van der Waals surface area (Å²) in [6, 6.07) is 0.335. The van der Waals surface area contributed by atoms with Gasteiger partial charge in [0.2, 0.25) is 0 Å². The maximum atomic E-state index is 9.83. The van der Waals surface area contributed by atoms with E-state index in [0.717, 1.165) is 38.3 Å². The van der Waals surface area contributed by atoms with Crippen LogP contribution in [0.1, 0.15) is 51.9 Å². The smallest absolute Gasteiger partial charge is 0.0586 e. The van der Waals surface area contributed by atoms with Crippen LogP contribution < -0.4 is 0 Å². The summed E-state index contributed by atoms with van der Waals surface area (Å²) in [5, 5.41) is 19.3. The Labute approximate surface area is 111 Å². The van der Waals surface area contributed by atoms with Crippen LogP contribution in [0.15, 0.2) is 0 Å². The van der Waals surface area contributed by atoms with Crippen LogP contribution in [-0.2, 0) is 0 Å². The SMILES string of the molecule is CC1CCC(CO)(CN2CCCCC2CO)CC1. The van der Waals surface area contributed by atoms with Crippen molar-refractivity contribution < 1.29 is 10.2 Å². The van der Waals surface area contributed by atoms with Gasteiger partial charge < -0.3 is 10.2 Å². The molecule has 1 heterocycles. The minimum atomic E-state index is 0.108. The first-order valence-corrected chi connectivity index (χ1v) is 7.65. The summed E-state index contributed by atoms with van der Waals surface area (Å²) in [5.41, 5.74) is 0.108. The largest absolute Gasteiger partial charge is 0.396 e. The molecule has 0 radical (unpaired) electrons. The zero-order valence-corrected chi connectivity index (χ0v) is 11.8. The highest BCUT2D eigenvalue weighted by Crippen LogP contribution is 2.40. The van der Waals surface area contributed by atoms with Crippen molar-refractivity contribution in [3.8, 4) is 0 Å². The minimum absolute atomic E-state index is 0.108. The monoisotopic (exact) mass is 255 g/mol. The molecule has 3 heteroatoms. The Hall–Kier alpha value is -0.120. The molecule has 18 heavy (non-hydrogen) atoms. The quantitative estimate of drug-likeness (QED) is 0.808. The van der Waals surface area contributed by atoms with Gasteiger partial charge in [-0.3, -0.25) is 4.90 Å². The first-order chi connectivity index (χ1) is 8.69. The zero-order valence-electron chi connectivity index (χ0n) is 11.8. The van der Waals surface area contributed by atoms with Crippen molar-refractivity contribution in [2.45, 2.75) is 57.9 Å². The maximum Gasteiger partial charge on any atom is 0.0586 e. The van der Waals surface area contributed by atoms with Crippen LogP contribution in [0.3, 0.4) is 0 Å². The van der Waals surface area contributed by atoms with E-state index in [4.69, 9.17) is 0 Å². The van der Waals surface area contributed by atoms with E-state index in [0.29, 0.717) is 12.6 Å². The molecule has 1 saturated carbocycles. The van der Waals surface area contributed by atoms with Crippen LogP contribution in [0.5, 0.6) is 0 Å². The fourth-order valence-corrected chi connectivity index (χ4v) is 3.65. The van der Waals surface area contributed by atoms with Crippen LogP contribution in [-0.4, -0.2) is 47.5 Å². The molecule has 1 aliphatic heterocycles. The fraction of sp³-hybridized carbons (Fsp3) is 1.00. The molecule has 1 aliphatic carbocycles. The highest BCUT2D eigenvalue weighted by molar-refractivity contribution is 4.89. The zero-order chi connectivity index (χ0) is 13.0. The van der Waals surface area contributed by atoms with Gasteiger partial charge in [0.1, 0.15) is 0 Å². The Bertz CT molecular complexity index is 249. The topological polar surface area (TPSA) is 43.7 Å². The average molecular weight is 255 g/mol. The molecule has 2 N–H and O–H groups in total. The predicted octanol–water partition coefficient (Wildman–Crippen LogP) is 2.02. The summed E-state index contributed by atoms with van der Waals surface area (Å²) in [7, 11) is 0. The van der Waals surface area contributed by atoms with E-state index < -0.39 is 0 Å². The van der Waals surface area contributed by atoms with Crippen molar-refractivity contribution in [1.82, 2.24) is 4.90 Å². The second kappa shape index (κ2) is 6.36. The summed E-state index contributed by atoms with van der Waals surface area (Å²) in [6.07, 6.45) is 8.41. The normalized spacial score (nSPS) is 38.8. The number of likely N-dealkylation sites (tertiary alicyclic amines) is 1. The van der Waals surface area contributed by atoms with E-state index in [2.05, 4.69) is 11.8 Å². The highest BCUT2D eigenvalue weighted by atomic mass is 16.3. The van der Waals surface area contributed by atoms with Gasteiger partial charge in [-0.1, -0.05) is 26.2 Å². The Kier molecular flexibility index (Phi) is 5.05. The van der Waals surface area contributed by atoms with Crippen LogP contribution in [0.4, 0.5) is 0 Å². The number of rotatable bonds is 4. The van der Waals surface area contributed by atoms with Crippen molar-refractivity contribution in [3.05, 3.63) is 0 Å². The molecule has 2 rings (SSSR count). The minimum Gasteiger partial charge on any atom is -0.396 e. The molecular weight excluding hydrogens is 226 g/mol. The number of piperidine rings is 1. The van der Waals surface area contributed by atoms with Gasteiger partial charge in [0, 0.05) is 24.6 Å². The lowest BCUT2D eigenvalue weighted by Gasteiger charge is -2.45. The maximum absolute atomic E-state index is 9.83. The van der Waals surface area contributed by atoms with Gasteiger partial charge in [0.05, 0.1) is 6.61 Å². The molecule has 0 amide bonds. The molecule has 0 aromatic rings. The second-order valence-electron chi connectivity index (χ2n) is 6.64. The lowest BCUT2D eigenvalue weighted by Crippen LogP contribution is -2.49. The van der Waals surface area contributed by atoms with Gasteiger partial charge in [-0.05, 0) is 38.1 Å². The molecule has 2 fully saturated rings. The fourth-order valence-electron chi connectivity index (χ4n) is 3.65. The molecule has 0 spiro atoms. The van der Waals surface area contributed by atoms with Crippen LogP contribution in [0.25, 0.3) is 0 Å². The number of hydrogen-bond donors (Lipinski definition) is 2. The molecule has 1 saturated heterocycles. The summed E-state index contributed by atoms with van der Waals surface area (Å²) in [5.74, 6) is 0.819. The van der Waals surface area contributed by atoms with Gasteiger partial charge >= 0.3 is 0 Å². The lowest BCUT2D eigenvalue weighted by molar-refractivity contribution is -0.00590. The predicted molar refractivity (Wildman–Crippen MR) is 73.4 cm³/mol. The molecule has 0 aromatic carbocycles. The van der Waals surface area contributed by atoms with Gasteiger partial charge in [0.15, 0.2) is 0 Å². The molecule has 1 atom stereocenters. The highest BCUT2D eigenvalue weighted by Gasteiger charge is 2.37. The Morgan fingerprint density at radius 2 is 1.83 bits per heavy atom. The van der Waals surface area contributed by atoms with Gasteiger partial charge in [-0.25, -0.2) is 0 Å². The van der Waals surface area contributed by atoms with Crippen LogP contribution in [0, 0.1) is 11.3 Å². The Morgan fingerprint density at radius 3 is 2.44 bits per heavy atom. The molecule has 0 aromatic heterocycles. The van der Waals surface area contributed by atoms with Gasteiger partial charge in [0.25, 0.3) is 0 Å². The number of hydrogen-bond acceptors (Lipinski definition) is 3. The van der Waals surface area contributed by atoms with Crippen molar-refractivity contribution >= 4 is 0 Å². The van der Waals surface area contributed by atoms with Gasteiger partial charge in [-0.2, -0.15) is 0 Å².